The largest absolute Gasteiger partial charge is 0.260 e. The van der Waals surface area contributed by atoms with Crippen LogP contribution in [0.3, 0.4) is 0 Å². The first-order valence-corrected chi connectivity index (χ1v) is 3.51. The van der Waals surface area contributed by atoms with Crippen molar-refractivity contribution < 1.29 is 0 Å². The molecule has 0 bridgehead atoms. The van der Waals surface area contributed by atoms with Crippen molar-refractivity contribution in [1.29, 1.82) is 0 Å². The second-order valence-corrected chi connectivity index (χ2v) is 2.55. The summed E-state index contributed by atoms with van der Waals surface area (Å²) in [6.07, 6.45) is 0. The summed E-state index contributed by atoms with van der Waals surface area (Å²) in [4.78, 5) is 0. The van der Waals surface area contributed by atoms with Crippen molar-refractivity contribution in [3.05, 3.63) is 0 Å². The van der Waals surface area contributed by atoms with Gasteiger partial charge in [-0.15, -0.1) is 12.4 Å². The van der Waals surface area contributed by atoms with Crippen LogP contribution in [-0.4, -0.2) is 18.8 Å². The fourth-order valence-corrected chi connectivity index (χ4v) is 0. The lowest BCUT2D eigenvalue weighted by molar-refractivity contribution is 0.702. The summed E-state index contributed by atoms with van der Waals surface area (Å²) < 4.78 is 2.01. The molecule has 0 saturated heterocycles. The van der Waals surface area contributed by atoms with Gasteiger partial charge < -0.3 is 0 Å². The molecule has 0 unspecified atom stereocenters. The number of rotatable bonds is 1. The molecule has 0 aliphatic rings. The van der Waals surface area contributed by atoms with Crippen LogP contribution < -0.4 is 0 Å². The molecule has 0 spiro atoms. The van der Waals surface area contributed by atoms with Gasteiger partial charge in [0.2, 0.25) is 0 Å². The average molecular weight is 143 g/mol. The number of hydrogen-bond donors (Lipinski definition) is 0. The predicted molar refractivity (Wildman–Crippen MR) is 36.2 cm³/mol. The molecule has 4 heteroatoms. The molecule has 0 amide bonds. The Bertz CT molecular complexity index is 38.5. The van der Waals surface area contributed by atoms with E-state index in [2.05, 4.69) is 8.53 Å². The number of halogens is 1. The van der Waals surface area contributed by atoms with Gasteiger partial charge in [-0.05, 0) is 14.1 Å². The summed E-state index contributed by atoms with van der Waals surface area (Å²) in [7, 11) is 8.38. The minimum Gasteiger partial charge on any atom is -0.260 e. The first kappa shape index (κ1) is 9.97. The lowest BCUT2D eigenvalue weighted by Crippen LogP contribution is -1.89. The lowest BCUT2D eigenvalue weighted by atomic mass is 11.3. The molecular weight excluding hydrogens is 135 g/mol. The normalized spacial score (nSPS) is 8.50. The third-order valence-corrected chi connectivity index (χ3v) is 1.80. The molecule has 0 atom stereocenters. The van der Waals surface area contributed by atoms with E-state index in [1.165, 1.54) is 0 Å². The smallest absolute Gasteiger partial charge is 0.00620 e. The Kier molecular flexibility index (Phi) is 9.72. The number of nitrogens with zero attached hydrogens (tertiary/aromatic N) is 1. The van der Waals surface area contributed by atoms with E-state index in [1.54, 1.807) is 0 Å². The molecule has 0 aliphatic heterocycles. The molecule has 0 heterocycles. The molecule has 0 saturated carbocycles. The van der Waals surface area contributed by atoms with Crippen LogP contribution in [0.4, 0.5) is 0 Å². The van der Waals surface area contributed by atoms with Crippen molar-refractivity contribution in [1.82, 2.24) is 4.67 Å². The van der Waals surface area contributed by atoms with Gasteiger partial charge >= 0.3 is 0 Å². The number of hydrogen-bond acceptors (Lipinski definition) is 0. The van der Waals surface area contributed by atoms with Gasteiger partial charge in [-0.3, -0.25) is 4.67 Å². The molecule has 6 heavy (non-hydrogen) atoms. The highest BCUT2D eigenvalue weighted by atomic mass is 35.5. The SMILES string of the molecule is CN(C)P=P.Cl. The maximum absolute atomic E-state index is 3.25. The van der Waals surface area contributed by atoms with E-state index in [1.807, 2.05) is 18.8 Å². The van der Waals surface area contributed by atoms with Gasteiger partial charge in [0.25, 0.3) is 0 Å². The standard InChI is InChI=1S/C2H7NP2.ClH/c1-3(2)5-4;/h4H,1-2H3;1H. The molecule has 0 fully saturated rings. The van der Waals surface area contributed by atoms with Gasteiger partial charge in [-0.25, -0.2) is 0 Å². The molecule has 0 radical (unpaired) electrons. The molecule has 0 aromatic carbocycles. The van der Waals surface area contributed by atoms with E-state index in [0.29, 0.717) is 0 Å². The van der Waals surface area contributed by atoms with Crippen molar-refractivity contribution in [3.8, 4) is 0 Å². The first-order chi connectivity index (χ1) is 2.27. The average Bonchev–Trinajstić information content (AvgIpc) is 1.38. The van der Waals surface area contributed by atoms with Crippen LogP contribution in [0.2, 0.25) is 0 Å². The van der Waals surface area contributed by atoms with Gasteiger partial charge in [0.15, 0.2) is 0 Å². The second kappa shape index (κ2) is 5.85. The molecular formula is C2H8ClNP2. The summed E-state index contributed by atoms with van der Waals surface area (Å²) in [6, 6.07) is 0. The Morgan fingerprint density at radius 1 is 1.50 bits per heavy atom. The highest BCUT2D eigenvalue weighted by Crippen LogP contribution is 2.01. The van der Waals surface area contributed by atoms with Crippen LogP contribution in [0.15, 0.2) is 0 Å². The van der Waals surface area contributed by atoms with E-state index in [0.717, 1.165) is 8.02 Å². The van der Waals surface area contributed by atoms with Gasteiger partial charge in [0.05, 0.1) is 0 Å². The summed E-state index contributed by atoms with van der Waals surface area (Å²) in [5, 5.41) is 0. The quantitative estimate of drug-likeness (QED) is 0.507. The fraction of sp³-hybridized carbons (Fsp3) is 1.00. The van der Waals surface area contributed by atoms with Crippen LogP contribution in [0.1, 0.15) is 0 Å². The summed E-state index contributed by atoms with van der Waals surface area (Å²) in [5.41, 5.74) is 0. The summed E-state index contributed by atoms with van der Waals surface area (Å²) in [5.74, 6) is 0. The van der Waals surface area contributed by atoms with E-state index in [4.69, 9.17) is 0 Å². The zero-order valence-corrected chi connectivity index (χ0v) is 6.51. The van der Waals surface area contributed by atoms with E-state index in [9.17, 15) is 0 Å². The van der Waals surface area contributed by atoms with Gasteiger partial charge in [0, 0.05) is 8.02 Å². The van der Waals surface area contributed by atoms with Crippen molar-refractivity contribution in [3.63, 3.8) is 0 Å². The van der Waals surface area contributed by atoms with Crippen LogP contribution in [0.5, 0.6) is 0 Å². The minimum atomic E-state index is 0. The monoisotopic (exact) mass is 143 g/mol. The third-order valence-electron chi connectivity index (χ3n) is 0.200. The Morgan fingerprint density at radius 2 is 1.67 bits per heavy atom. The third kappa shape index (κ3) is 8.85. The molecule has 0 aromatic rings. The Labute approximate surface area is 48.4 Å². The Hall–Kier alpha value is 0.850. The first-order valence-electron chi connectivity index (χ1n) is 1.32. The maximum Gasteiger partial charge on any atom is 0.00620 e. The van der Waals surface area contributed by atoms with E-state index < -0.39 is 0 Å². The van der Waals surface area contributed by atoms with Crippen molar-refractivity contribution in [2.75, 3.05) is 14.1 Å². The lowest BCUT2D eigenvalue weighted by Gasteiger charge is -1.91. The topological polar surface area (TPSA) is 3.24 Å². The predicted octanol–water partition coefficient (Wildman–Crippen LogP) is 1.89. The molecule has 1 nitrogen and oxygen atoms in total. The Balaban J connectivity index is 0. The molecule has 0 aliphatic carbocycles. The van der Waals surface area contributed by atoms with Crippen molar-refractivity contribution >= 4 is 29.0 Å². The highest BCUT2D eigenvalue weighted by molar-refractivity contribution is 7.72. The maximum atomic E-state index is 3.25. The summed E-state index contributed by atoms with van der Waals surface area (Å²) >= 11 is 0. The molecule has 0 N–H and O–H groups in total. The fourth-order valence-electron chi connectivity index (χ4n) is 0. The molecule has 0 rings (SSSR count). The van der Waals surface area contributed by atoms with Gasteiger partial charge in [-0.2, -0.15) is 0 Å². The van der Waals surface area contributed by atoms with Gasteiger partial charge in [-0.1, -0.05) is 8.53 Å². The van der Waals surface area contributed by atoms with E-state index >= 15 is 0 Å². The van der Waals surface area contributed by atoms with Crippen LogP contribution in [0.25, 0.3) is 0 Å². The van der Waals surface area contributed by atoms with Crippen LogP contribution >= 0.6 is 29.0 Å². The van der Waals surface area contributed by atoms with E-state index in [-0.39, 0.29) is 12.4 Å². The summed E-state index contributed by atoms with van der Waals surface area (Å²) in [6.45, 7) is 0. The van der Waals surface area contributed by atoms with Crippen LogP contribution in [-0.2, 0) is 0 Å². The molecule has 38 valence electrons. The van der Waals surface area contributed by atoms with Crippen molar-refractivity contribution in [2.45, 2.75) is 0 Å². The van der Waals surface area contributed by atoms with Gasteiger partial charge in [0.1, 0.15) is 0 Å². The zero-order chi connectivity index (χ0) is 4.28. The second-order valence-electron chi connectivity index (χ2n) is 0.947. The minimum absolute atomic E-state index is 0. The Morgan fingerprint density at radius 3 is 1.67 bits per heavy atom. The van der Waals surface area contributed by atoms with Crippen molar-refractivity contribution in [2.24, 2.45) is 0 Å². The zero-order valence-electron chi connectivity index (χ0n) is 3.80. The van der Waals surface area contributed by atoms with Crippen LogP contribution in [0, 0.1) is 0 Å². The highest BCUT2D eigenvalue weighted by Gasteiger charge is 1.67. The molecule has 0 aromatic heterocycles.